The maximum absolute atomic E-state index is 12.6. The van der Waals surface area contributed by atoms with Crippen molar-refractivity contribution in [3.63, 3.8) is 0 Å². The molecule has 2 aromatic carbocycles. The zero-order chi connectivity index (χ0) is 19.4. The van der Waals surface area contributed by atoms with Gasteiger partial charge in [0.25, 0.3) is 5.91 Å². The Bertz CT molecular complexity index is 821. The SMILES string of the molecule is CC(C)OC(=O)[C@@H](NNC(=O)c1ccccc1)c1ccc2c(c1)CCN2C. The fraction of sp³-hybridized carbons (Fsp3) is 0.333. The molecule has 0 aliphatic carbocycles. The summed E-state index contributed by atoms with van der Waals surface area (Å²) in [5, 5.41) is 0. The van der Waals surface area contributed by atoms with Gasteiger partial charge < -0.3 is 9.64 Å². The van der Waals surface area contributed by atoms with Crippen LogP contribution in [0, 0.1) is 0 Å². The largest absolute Gasteiger partial charge is 0.462 e. The molecule has 0 saturated heterocycles. The molecule has 1 atom stereocenters. The van der Waals surface area contributed by atoms with Crippen LogP contribution in [0.25, 0.3) is 0 Å². The number of nitrogens with zero attached hydrogens (tertiary/aromatic N) is 1. The fourth-order valence-corrected chi connectivity index (χ4v) is 3.14. The first-order chi connectivity index (χ1) is 13.0. The van der Waals surface area contributed by atoms with E-state index in [2.05, 4.69) is 15.8 Å². The van der Waals surface area contributed by atoms with Gasteiger partial charge in [-0.05, 0) is 49.6 Å². The molecule has 142 valence electrons. The minimum atomic E-state index is -0.781. The number of likely N-dealkylation sites (N-methyl/N-ethyl adjacent to an activating group) is 1. The lowest BCUT2D eigenvalue weighted by atomic mass is 10.0. The fourth-order valence-electron chi connectivity index (χ4n) is 3.14. The standard InChI is InChI=1S/C21H25N3O3/c1-14(2)27-21(26)19(22-23-20(25)15-7-5-4-6-8-15)17-9-10-18-16(13-17)11-12-24(18)3/h4-10,13-14,19,22H,11-12H2,1-3H3,(H,23,25)/t19-/m0/s1. The van der Waals surface area contributed by atoms with Crippen molar-refractivity contribution in [1.29, 1.82) is 0 Å². The van der Waals surface area contributed by atoms with E-state index in [0.717, 1.165) is 18.5 Å². The van der Waals surface area contributed by atoms with Crippen LogP contribution in [0.4, 0.5) is 5.69 Å². The van der Waals surface area contributed by atoms with Gasteiger partial charge in [-0.3, -0.25) is 10.2 Å². The second kappa shape index (κ2) is 8.22. The highest BCUT2D eigenvalue weighted by molar-refractivity contribution is 5.94. The summed E-state index contributed by atoms with van der Waals surface area (Å²) in [6.45, 7) is 4.56. The van der Waals surface area contributed by atoms with Gasteiger partial charge in [0.2, 0.25) is 0 Å². The minimum absolute atomic E-state index is 0.243. The number of anilines is 1. The first-order valence-corrected chi connectivity index (χ1v) is 9.11. The van der Waals surface area contributed by atoms with Crippen molar-refractivity contribution in [2.75, 3.05) is 18.5 Å². The van der Waals surface area contributed by atoms with Crippen molar-refractivity contribution >= 4 is 17.6 Å². The average Bonchev–Trinajstić information content (AvgIpc) is 3.02. The Kier molecular flexibility index (Phi) is 5.76. The van der Waals surface area contributed by atoms with Gasteiger partial charge in [-0.15, -0.1) is 0 Å². The molecule has 0 saturated carbocycles. The maximum Gasteiger partial charge on any atom is 0.329 e. The highest BCUT2D eigenvalue weighted by Crippen LogP contribution is 2.29. The first-order valence-electron chi connectivity index (χ1n) is 9.11. The van der Waals surface area contributed by atoms with Crippen molar-refractivity contribution in [1.82, 2.24) is 10.9 Å². The summed E-state index contributed by atoms with van der Waals surface area (Å²) < 4.78 is 5.38. The van der Waals surface area contributed by atoms with Crippen LogP contribution in [0.3, 0.4) is 0 Å². The van der Waals surface area contributed by atoms with Crippen LogP contribution in [0.5, 0.6) is 0 Å². The number of nitrogens with one attached hydrogen (secondary N) is 2. The third-order valence-electron chi connectivity index (χ3n) is 4.52. The van der Waals surface area contributed by atoms with Crippen molar-refractivity contribution in [3.8, 4) is 0 Å². The Labute approximate surface area is 159 Å². The van der Waals surface area contributed by atoms with Gasteiger partial charge in [0.05, 0.1) is 6.10 Å². The van der Waals surface area contributed by atoms with E-state index < -0.39 is 12.0 Å². The van der Waals surface area contributed by atoms with E-state index in [0.29, 0.717) is 5.56 Å². The van der Waals surface area contributed by atoms with Gasteiger partial charge in [-0.2, -0.15) is 0 Å². The van der Waals surface area contributed by atoms with Crippen LogP contribution in [0.15, 0.2) is 48.5 Å². The molecule has 0 aromatic heterocycles. The van der Waals surface area contributed by atoms with E-state index in [9.17, 15) is 9.59 Å². The molecule has 1 heterocycles. The van der Waals surface area contributed by atoms with Crippen LogP contribution in [-0.4, -0.2) is 31.6 Å². The zero-order valence-electron chi connectivity index (χ0n) is 15.9. The molecule has 0 bridgehead atoms. The number of amides is 1. The lowest BCUT2D eigenvalue weighted by Crippen LogP contribution is -2.44. The van der Waals surface area contributed by atoms with Gasteiger partial charge in [0.1, 0.15) is 6.04 Å². The van der Waals surface area contributed by atoms with Gasteiger partial charge in [-0.25, -0.2) is 10.2 Å². The molecule has 2 aromatic rings. The Morgan fingerprint density at radius 2 is 1.85 bits per heavy atom. The van der Waals surface area contributed by atoms with Crippen LogP contribution in [0.1, 0.15) is 41.4 Å². The molecule has 27 heavy (non-hydrogen) atoms. The number of carbonyl (C=O) groups excluding carboxylic acids is 2. The van der Waals surface area contributed by atoms with E-state index in [1.165, 1.54) is 11.3 Å². The average molecular weight is 367 g/mol. The van der Waals surface area contributed by atoms with Crippen molar-refractivity contribution in [3.05, 3.63) is 65.2 Å². The topological polar surface area (TPSA) is 70.7 Å². The minimum Gasteiger partial charge on any atom is -0.462 e. The van der Waals surface area contributed by atoms with Gasteiger partial charge in [-0.1, -0.05) is 30.3 Å². The molecular weight excluding hydrogens is 342 g/mol. The summed E-state index contributed by atoms with van der Waals surface area (Å²) in [6.07, 6.45) is 0.689. The Morgan fingerprint density at radius 3 is 2.56 bits per heavy atom. The monoisotopic (exact) mass is 367 g/mol. The highest BCUT2D eigenvalue weighted by atomic mass is 16.5. The quantitative estimate of drug-likeness (QED) is 0.607. The molecule has 1 amide bonds. The molecule has 3 rings (SSSR count). The van der Waals surface area contributed by atoms with Gasteiger partial charge >= 0.3 is 5.97 Å². The molecule has 0 unspecified atom stereocenters. The number of benzene rings is 2. The molecule has 1 aliphatic heterocycles. The molecule has 0 spiro atoms. The van der Waals surface area contributed by atoms with E-state index in [-0.39, 0.29) is 12.0 Å². The molecular formula is C21H25N3O3. The molecule has 6 heteroatoms. The van der Waals surface area contributed by atoms with E-state index in [4.69, 9.17) is 4.74 Å². The highest BCUT2D eigenvalue weighted by Gasteiger charge is 2.26. The van der Waals surface area contributed by atoms with Crippen molar-refractivity contribution in [2.24, 2.45) is 0 Å². The summed E-state index contributed by atoms with van der Waals surface area (Å²) in [7, 11) is 2.05. The number of hydrazine groups is 1. The Balaban J connectivity index is 1.79. The first kappa shape index (κ1) is 18.9. The van der Waals surface area contributed by atoms with Crippen LogP contribution < -0.4 is 15.8 Å². The summed E-state index contributed by atoms with van der Waals surface area (Å²) in [5.41, 5.74) is 9.12. The zero-order valence-corrected chi connectivity index (χ0v) is 15.9. The number of rotatable bonds is 6. The van der Waals surface area contributed by atoms with Gasteiger partial charge in [0.15, 0.2) is 0 Å². The predicted molar refractivity (Wildman–Crippen MR) is 104 cm³/mol. The van der Waals surface area contributed by atoms with E-state index in [1.807, 2.05) is 31.3 Å². The van der Waals surface area contributed by atoms with E-state index in [1.54, 1.807) is 38.1 Å². The normalized spacial score (nSPS) is 14.0. The number of carbonyl (C=O) groups is 2. The number of esters is 1. The van der Waals surface area contributed by atoms with Crippen LogP contribution >= 0.6 is 0 Å². The third kappa shape index (κ3) is 4.46. The Hall–Kier alpha value is -2.86. The van der Waals surface area contributed by atoms with Crippen molar-refractivity contribution < 1.29 is 14.3 Å². The summed E-state index contributed by atoms with van der Waals surface area (Å²) in [6, 6.07) is 14.0. The number of hydrogen-bond donors (Lipinski definition) is 2. The lowest BCUT2D eigenvalue weighted by Gasteiger charge is -2.21. The summed E-state index contributed by atoms with van der Waals surface area (Å²) in [5.74, 6) is -0.733. The molecule has 0 fully saturated rings. The molecule has 2 N–H and O–H groups in total. The second-order valence-electron chi connectivity index (χ2n) is 6.94. The van der Waals surface area contributed by atoms with Crippen molar-refractivity contribution in [2.45, 2.75) is 32.4 Å². The van der Waals surface area contributed by atoms with Crippen LogP contribution in [-0.2, 0) is 16.0 Å². The molecule has 1 aliphatic rings. The third-order valence-corrected chi connectivity index (χ3v) is 4.52. The molecule has 0 radical (unpaired) electrons. The lowest BCUT2D eigenvalue weighted by molar-refractivity contribution is -0.150. The maximum atomic E-state index is 12.6. The van der Waals surface area contributed by atoms with E-state index >= 15 is 0 Å². The molecule has 6 nitrogen and oxygen atoms in total. The van der Waals surface area contributed by atoms with Gasteiger partial charge in [0, 0.05) is 24.8 Å². The summed E-state index contributed by atoms with van der Waals surface area (Å²) >= 11 is 0. The van der Waals surface area contributed by atoms with Crippen LogP contribution in [0.2, 0.25) is 0 Å². The number of hydrogen-bond acceptors (Lipinski definition) is 5. The number of fused-ring (bicyclic) bond motifs is 1. The predicted octanol–water partition coefficient (Wildman–Crippen LogP) is 2.61. The number of ether oxygens (including phenoxy) is 1. The Morgan fingerprint density at radius 1 is 1.11 bits per heavy atom. The smallest absolute Gasteiger partial charge is 0.329 e. The second-order valence-corrected chi connectivity index (χ2v) is 6.94. The summed E-state index contributed by atoms with van der Waals surface area (Å²) in [4.78, 5) is 27.1.